The molecule has 0 spiro atoms. The number of esters is 2. The number of halogens is 1. The molecule has 1 fully saturated rings. The van der Waals surface area contributed by atoms with E-state index in [9.17, 15) is 19.9 Å². The summed E-state index contributed by atoms with van der Waals surface area (Å²) < 4.78 is 49.7. The molecule has 7 atom stereocenters. The fraction of sp³-hybridized carbons (Fsp3) is 0.426. The monoisotopic (exact) mass is 886 g/mol. The van der Waals surface area contributed by atoms with E-state index in [0.29, 0.717) is 0 Å². The standard InChI is InChI=1S/C47H55ClN4O11/c1-47(2,3)63-44(54)38(51-46(55)59-31-36-22-14-7-15-23-36)25-24-37(27-50-52-49)60-45-43(62-40(53)26-48)42(58-30-35-20-12-6-13-21-35)41(57-29-34-18-10-5-11-19-34)39(61-45)32-56-28-33-16-8-4-9-17-33/h4-23,37-39,41-43,45H,24-32H2,1-3H3,(H,51,55)/t37-,38+,39-,41+,42+,43-,45-/m1/s1. The number of ether oxygens (including phenoxy) is 8. The number of benzene rings is 4. The van der Waals surface area contributed by atoms with Gasteiger partial charge in [0.05, 0.1) is 39.1 Å². The molecule has 0 unspecified atom stereocenters. The summed E-state index contributed by atoms with van der Waals surface area (Å²) >= 11 is 6.01. The molecular weight excluding hydrogens is 832 g/mol. The molecule has 0 radical (unpaired) electrons. The Labute approximate surface area is 372 Å². The number of azide groups is 1. The van der Waals surface area contributed by atoms with Crippen molar-refractivity contribution < 1.29 is 52.3 Å². The molecule has 4 aromatic rings. The Morgan fingerprint density at radius 2 is 1.27 bits per heavy atom. The van der Waals surface area contributed by atoms with E-state index in [1.807, 2.05) is 109 Å². The van der Waals surface area contributed by atoms with Crippen LogP contribution >= 0.6 is 11.6 Å². The zero-order valence-corrected chi connectivity index (χ0v) is 36.4. The summed E-state index contributed by atoms with van der Waals surface area (Å²) in [6.07, 6.45) is -7.20. The zero-order valence-electron chi connectivity index (χ0n) is 35.7. The lowest BCUT2D eigenvalue weighted by atomic mass is 9.97. The Morgan fingerprint density at radius 3 is 1.79 bits per heavy atom. The maximum atomic E-state index is 13.5. The quantitative estimate of drug-likeness (QED) is 0.0188. The highest BCUT2D eigenvalue weighted by atomic mass is 35.5. The van der Waals surface area contributed by atoms with Crippen molar-refractivity contribution >= 4 is 29.6 Å². The van der Waals surface area contributed by atoms with Gasteiger partial charge in [0.2, 0.25) is 0 Å². The maximum Gasteiger partial charge on any atom is 0.408 e. The predicted octanol–water partition coefficient (Wildman–Crippen LogP) is 8.36. The number of rotatable bonds is 23. The molecule has 336 valence electrons. The zero-order chi connectivity index (χ0) is 44.9. The van der Waals surface area contributed by atoms with Crippen molar-refractivity contribution in [3.63, 3.8) is 0 Å². The van der Waals surface area contributed by atoms with E-state index in [-0.39, 0.29) is 52.4 Å². The summed E-state index contributed by atoms with van der Waals surface area (Å²) in [5, 5.41) is 6.40. The molecule has 16 heteroatoms. The highest BCUT2D eigenvalue weighted by Gasteiger charge is 2.51. The number of hydrogen-bond acceptors (Lipinski definition) is 12. The van der Waals surface area contributed by atoms with E-state index in [4.69, 9.17) is 49.5 Å². The van der Waals surface area contributed by atoms with Crippen molar-refractivity contribution in [3.05, 3.63) is 154 Å². The van der Waals surface area contributed by atoms with Gasteiger partial charge in [-0.05, 0) is 61.4 Å². The van der Waals surface area contributed by atoms with Crippen LogP contribution in [0.15, 0.2) is 126 Å². The van der Waals surface area contributed by atoms with Crippen molar-refractivity contribution in [2.45, 2.75) is 108 Å². The molecule has 1 aliphatic heterocycles. The largest absolute Gasteiger partial charge is 0.458 e. The van der Waals surface area contributed by atoms with Crippen LogP contribution in [0, 0.1) is 0 Å². The van der Waals surface area contributed by atoms with Gasteiger partial charge in [0, 0.05) is 4.91 Å². The molecule has 1 heterocycles. The molecule has 0 bridgehead atoms. The van der Waals surface area contributed by atoms with Gasteiger partial charge in [-0.2, -0.15) is 0 Å². The molecule has 0 aliphatic carbocycles. The molecule has 1 amide bonds. The first-order chi connectivity index (χ1) is 30.5. The van der Waals surface area contributed by atoms with Gasteiger partial charge in [-0.15, -0.1) is 11.6 Å². The second-order valence-electron chi connectivity index (χ2n) is 15.7. The van der Waals surface area contributed by atoms with Gasteiger partial charge in [0.25, 0.3) is 0 Å². The van der Waals surface area contributed by atoms with E-state index < -0.39 is 72.4 Å². The van der Waals surface area contributed by atoms with Gasteiger partial charge in [0.1, 0.15) is 42.4 Å². The highest BCUT2D eigenvalue weighted by molar-refractivity contribution is 6.26. The third-order valence-electron chi connectivity index (χ3n) is 9.58. The van der Waals surface area contributed by atoms with Gasteiger partial charge in [-0.3, -0.25) is 4.79 Å². The first-order valence-corrected chi connectivity index (χ1v) is 21.2. The Bertz CT molecular complexity index is 2020. The minimum atomic E-state index is -1.36. The average Bonchev–Trinajstić information content (AvgIpc) is 3.29. The molecule has 5 rings (SSSR count). The predicted molar refractivity (Wildman–Crippen MR) is 233 cm³/mol. The first-order valence-electron chi connectivity index (χ1n) is 20.7. The SMILES string of the molecule is CC(C)(C)OC(=O)[C@H](CC[C@H](CN=[N+]=[N-])O[C@@H]1O[C@H](COCc2ccccc2)[C@H](OCc2ccccc2)[C@H](OCc2ccccc2)[C@H]1OC(=O)CCl)NC(=O)OCc1ccccc1. The number of hydrogen-bond donors (Lipinski definition) is 1. The summed E-state index contributed by atoms with van der Waals surface area (Å²) in [5.74, 6) is -1.98. The van der Waals surface area contributed by atoms with Gasteiger partial charge >= 0.3 is 18.0 Å². The molecule has 15 nitrogen and oxygen atoms in total. The third kappa shape index (κ3) is 16.9. The molecule has 4 aromatic carbocycles. The molecule has 1 N–H and O–H groups in total. The Morgan fingerprint density at radius 1 is 0.746 bits per heavy atom. The highest BCUT2D eigenvalue weighted by Crippen LogP contribution is 2.32. The number of alkyl halides is 1. The van der Waals surface area contributed by atoms with E-state index in [1.54, 1.807) is 32.9 Å². The van der Waals surface area contributed by atoms with Crippen LogP contribution < -0.4 is 5.32 Å². The summed E-state index contributed by atoms with van der Waals surface area (Å²) in [5.41, 5.74) is 11.9. The van der Waals surface area contributed by atoms with Crippen molar-refractivity contribution in [2.75, 3.05) is 19.0 Å². The van der Waals surface area contributed by atoms with Crippen LogP contribution in [0.3, 0.4) is 0 Å². The first kappa shape index (κ1) is 48.5. The average molecular weight is 887 g/mol. The van der Waals surface area contributed by atoms with Crippen LogP contribution in [0.4, 0.5) is 4.79 Å². The van der Waals surface area contributed by atoms with Crippen LogP contribution in [0.1, 0.15) is 55.9 Å². The number of carbonyl (C=O) groups is 3. The third-order valence-corrected chi connectivity index (χ3v) is 9.80. The van der Waals surface area contributed by atoms with Gasteiger partial charge < -0.3 is 43.2 Å². The second-order valence-corrected chi connectivity index (χ2v) is 16.0. The molecule has 0 aromatic heterocycles. The van der Waals surface area contributed by atoms with Crippen LogP contribution in [0.5, 0.6) is 0 Å². The summed E-state index contributed by atoms with van der Waals surface area (Å²) in [6.45, 7) is 5.38. The number of alkyl carbamates (subject to hydrolysis) is 1. The van der Waals surface area contributed by atoms with Crippen LogP contribution in [-0.4, -0.2) is 85.5 Å². The summed E-state index contributed by atoms with van der Waals surface area (Å²) in [4.78, 5) is 42.6. The molecular formula is C47H55ClN4O11. The fourth-order valence-electron chi connectivity index (χ4n) is 6.62. The summed E-state index contributed by atoms with van der Waals surface area (Å²) in [6, 6.07) is 36.5. The number of nitrogens with zero attached hydrogens (tertiary/aromatic N) is 3. The Balaban J connectivity index is 1.44. The van der Waals surface area contributed by atoms with Crippen molar-refractivity contribution in [3.8, 4) is 0 Å². The Kier molecular flexibility index (Phi) is 19.7. The lowest BCUT2D eigenvalue weighted by Crippen LogP contribution is -2.62. The minimum Gasteiger partial charge on any atom is -0.458 e. The van der Waals surface area contributed by atoms with E-state index in [2.05, 4.69) is 15.3 Å². The maximum absolute atomic E-state index is 13.5. The second kappa shape index (κ2) is 25.6. The van der Waals surface area contributed by atoms with E-state index in [0.717, 1.165) is 22.3 Å². The van der Waals surface area contributed by atoms with Crippen LogP contribution in [0.2, 0.25) is 0 Å². The van der Waals surface area contributed by atoms with E-state index >= 15 is 0 Å². The van der Waals surface area contributed by atoms with Crippen molar-refractivity contribution in [1.29, 1.82) is 0 Å². The Hall–Kier alpha value is -5.51. The molecule has 1 aliphatic rings. The number of amides is 1. The topological polar surface area (TPSA) is 186 Å². The lowest BCUT2D eigenvalue weighted by molar-refractivity contribution is -0.328. The van der Waals surface area contributed by atoms with Crippen LogP contribution in [0.25, 0.3) is 10.4 Å². The molecule has 63 heavy (non-hydrogen) atoms. The van der Waals surface area contributed by atoms with Crippen molar-refractivity contribution in [1.82, 2.24) is 5.32 Å². The lowest BCUT2D eigenvalue weighted by Gasteiger charge is -2.46. The normalized spacial score (nSPS) is 19.5. The number of nitrogens with one attached hydrogen (secondary N) is 1. The van der Waals surface area contributed by atoms with Crippen molar-refractivity contribution in [2.24, 2.45) is 5.11 Å². The minimum absolute atomic E-state index is 0.00628. The molecule has 1 saturated heterocycles. The summed E-state index contributed by atoms with van der Waals surface area (Å²) in [7, 11) is 0. The molecule has 0 saturated carbocycles. The number of carbonyl (C=O) groups excluding carboxylic acids is 3. The smallest absolute Gasteiger partial charge is 0.408 e. The van der Waals surface area contributed by atoms with Gasteiger partial charge in [-0.25, -0.2) is 9.59 Å². The van der Waals surface area contributed by atoms with Gasteiger partial charge in [-0.1, -0.05) is 126 Å². The van der Waals surface area contributed by atoms with Crippen LogP contribution in [-0.2, 0) is 73.9 Å². The van der Waals surface area contributed by atoms with Gasteiger partial charge in [0.15, 0.2) is 12.4 Å². The fourth-order valence-corrected chi connectivity index (χ4v) is 6.69. The van der Waals surface area contributed by atoms with E-state index in [1.165, 1.54) is 0 Å².